The zero-order chi connectivity index (χ0) is 18.4. The highest BCUT2D eigenvalue weighted by Crippen LogP contribution is 2.24. The van der Waals surface area contributed by atoms with Crippen molar-refractivity contribution in [3.63, 3.8) is 0 Å². The molecule has 0 unspecified atom stereocenters. The molecule has 0 aliphatic heterocycles. The number of nitrogens with zero attached hydrogens (tertiary/aromatic N) is 3. The molecule has 0 bridgehead atoms. The second-order valence-electron chi connectivity index (χ2n) is 6.78. The minimum absolute atomic E-state index is 0.0684. The standard InChI is InChI=1S/C19H26N4O2S/c1-14-8-6-7-11-16(14)20-18(24)13-26-19-22-21-17(23(19)2)12-25-15-9-4-3-5-10-15/h3-5,9-10,14,16H,6-8,11-13H2,1-2H3,(H,20,24)/t14-,16+/m0/s1. The van der Waals surface area contributed by atoms with Crippen LogP contribution in [-0.4, -0.2) is 32.5 Å². The molecule has 2 atom stereocenters. The Hall–Kier alpha value is -2.02. The molecule has 1 amide bonds. The summed E-state index contributed by atoms with van der Waals surface area (Å²) < 4.78 is 7.59. The van der Waals surface area contributed by atoms with Gasteiger partial charge in [0.1, 0.15) is 12.4 Å². The van der Waals surface area contributed by atoms with Crippen LogP contribution in [0.2, 0.25) is 0 Å². The van der Waals surface area contributed by atoms with Crippen LogP contribution in [0.5, 0.6) is 5.75 Å². The lowest BCUT2D eigenvalue weighted by Gasteiger charge is -2.29. The maximum Gasteiger partial charge on any atom is 0.230 e. The lowest BCUT2D eigenvalue weighted by Crippen LogP contribution is -2.41. The van der Waals surface area contributed by atoms with Gasteiger partial charge < -0.3 is 14.6 Å². The van der Waals surface area contributed by atoms with Gasteiger partial charge in [0.05, 0.1) is 5.75 Å². The largest absolute Gasteiger partial charge is 0.486 e. The van der Waals surface area contributed by atoms with E-state index in [4.69, 9.17) is 4.74 Å². The molecule has 1 heterocycles. The van der Waals surface area contributed by atoms with E-state index in [0.29, 0.717) is 24.3 Å². The number of thioether (sulfide) groups is 1. The number of hydrogen-bond acceptors (Lipinski definition) is 5. The Kier molecular flexibility index (Phi) is 6.55. The fraction of sp³-hybridized carbons (Fsp3) is 0.526. The van der Waals surface area contributed by atoms with Gasteiger partial charge in [-0.15, -0.1) is 10.2 Å². The molecule has 1 aliphatic carbocycles. The highest BCUT2D eigenvalue weighted by Gasteiger charge is 2.23. The summed E-state index contributed by atoms with van der Waals surface area (Å²) in [5.41, 5.74) is 0. The van der Waals surface area contributed by atoms with Crippen LogP contribution in [0.15, 0.2) is 35.5 Å². The minimum Gasteiger partial charge on any atom is -0.486 e. The third-order valence-corrected chi connectivity index (χ3v) is 5.85. The van der Waals surface area contributed by atoms with E-state index in [2.05, 4.69) is 22.4 Å². The smallest absolute Gasteiger partial charge is 0.230 e. The molecule has 2 aromatic rings. The summed E-state index contributed by atoms with van der Waals surface area (Å²) in [6, 6.07) is 9.93. The molecule has 140 valence electrons. The van der Waals surface area contributed by atoms with Gasteiger partial charge in [-0.3, -0.25) is 4.79 Å². The van der Waals surface area contributed by atoms with Gasteiger partial charge in [-0.2, -0.15) is 0 Å². The van der Waals surface area contributed by atoms with E-state index < -0.39 is 0 Å². The van der Waals surface area contributed by atoms with E-state index in [1.807, 2.05) is 41.9 Å². The normalized spacial score (nSPS) is 19.9. The zero-order valence-electron chi connectivity index (χ0n) is 15.4. The van der Waals surface area contributed by atoms with Crippen LogP contribution in [0, 0.1) is 5.92 Å². The fourth-order valence-electron chi connectivity index (χ4n) is 3.17. The monoisotopic (exact) mass is 374 g/mol. The van der Waals surface area contributed by atoms with E-state index in [1.165, 1.54) is 31.0 Å². The van der Waals surface area contributed by atoms with Gasteiger partial charge >= 0.3 is 0 Å². The maximum absolute atomic E-state index is 12.2. The molecule has 26 heavy (non-hydrogen) atoms. The second-order valence-corrected chi connectivity index (χ2v) is 7.73. The number of amides is 1. The highest BCUT2D eigenvalue weighted by molar-refractivity contribution is 7.99. The van der Waals surface area contributed by atoms with Crippen LogP contribution < -0.4 is 10.1 Å². The van der Waals surface area contributed by atoms with Gasteiger partial charge in [-0.25, -0.2) is 0 Å². The molecule has 7 heteroatoms. The predicted molar refractivity (Wildman–Crippen MR) is 102 cm³/mol. The minimum atomic E-state index is 0.0684. The molecular weight excluding hydrogens is 348 g/mol. The first-order valence-electron chi connectivity index (χ1n) is 9.12. The molecule has 6 nitrogen and oxygen atoms in total. The number of carbonyl (C=O) groups is 1. The van der Waals surface area contributed by atoms with Crippen LogP contribution in [-0.2, 0) is 18.4 Å². The number of para-hydroxylation sites is 1. The van der Waals surface area contributed by atoms with Gasteiger partial charge in [0, 0.05) is 13.1 Å². The van der Waals surface area contributed by atoms with Crippen molar-refractivity contribution in [2.24, 2.45) is 13.0 Å². The SMILES string of the molecule is C[C@H]1CCCC[C@H]1NC(=O)CSc1nnc(COc2ccccc2)n1C. The fourth-order valence-corrected chi connectivity index (χ4v) is 3.91. The molecule has 0 radical (unpaired) electrons. The Morgan fingerprint density at radius 3 is 2.81 bits per heavy atom. The Bertz CT molecular complexity index is 720. The van der Waals surface area contributed by atoms with Crippen molar-refractivity contribution in [2.75, 3.05) is 5.75 Å². The van der Waals surface area contributed by atoms with Gasteiger partial charge in [0.15, 0.2) is 11.0 Å². The van der Waals surface area contributed by atoms with Crippen molar-refractivity contribution in [1.82, 2.24) is 20.1 Å². The Morgan fingerprint density at radius 2 is 2.04 bits per heavy atom. The van der Waals surface area contributed by atoms with Crippen molar-refractivity contribution in [3.8, 4) is 5.75 Å². The van der Waals surface area contributed by atoms with Crippen LogP contribution in [0.4, 0.5) is 0 Å². The van der Waals surface area contributed by atoms with E-state index in [0.717, 1.165) is 23.2 Å². The zero-order valence-corrected chi connectivity index (χ0v) is 16.2. The molecule has 1 saturated carbocycles. The first-order chi connectivity index (χ1) is 12.6. The van der Waals surface area contributed by atoms with Gasteiger partial charge in [0.2, 0.25) is 5.91 Å². The van der Waals surface area contributed by atoms with Crippen molar-refractivity contribution < 1.29 is 9.53 Å². The summed E-state index contributed by atoms with van der Waals surface area (Å²) in [7, 11) is 1.90. The summed E-state index contributed by atoms with van der Waals surface area (Å²) in [5.74, 6) is 2.52. The number of aromatic nitrogens is 3. The molecule has 1 aliphatic rings. The number of ether oxygens (including phenoxy) is 1. The molecule has 1 fully saturated rings. The van der Waals surface area contributed by atoms with E-state index in [9.17, 15) is 4.79 Å². The average molecular weight is 375 g/mol. The van der Waals surface area contributed by atoms with E-state index in [1.54, 1.807) is 0 Å². The summed E-state index contributed by atoms with van der Waals surface area (Å²) in [6.07, 6.45) is 4.76. The van der Waals surface area contributed by atoms with Gasteiger partial charge in [-0.1, -0.05) is 49.7 Å². The van der Waals surface area contributed by atoms with Crippen molar-refractivity contribution in [2.45, 2.75) is 50.4 Å². The third-order valence-electron chi connectivity index (χ3n) is 4.83. The summed E-state index contributed by atoms with van der Waals surface area (Å²) >= 11 is 1.41. The molecule has 1 aromatic carbocycles. The summed E-state index contributed by atoms with van der Waals surface area (Å²) in [5, 5.41) is 12.2. The Morgan fingerprint density at radius 1 is 1.27 bits per heavy atom. The highest BCUT2D eigenvalue weighted by atomic mass is 32.2. The van der Waals surface area contributed by atoms with Crippen LogP contribution in [0.1, 0.15) is 38.4 Å². The van der Waals surface area contributed by atoms with Crippen LogP contribution in [0.3, 0.4) is 0 Å². The van der Waals surface area contributed by atoms with Crippen molar-refractivity contribution in [3.05, 3.63) is 36.2 Å². The number of hydrogen-bond donors (Lipinski definition) is 1. The molecular formula is C19H26N4O2S. The number of benzene rings is 1. The first-order valence-corrected chi connectivity index (χ1v) is 10.1. The lowest BCUT2D eigenvalue weighted by molar-refractivity contribution is -0.119. The van der Waals surface area contributed by atoms with Crippen LogP contribution in [0.25, 0.3) is 0 Å². The van der Waals surface area contributed by atoms with Crippen LogP contribution >= 0.6 is 11.8 Å². The summed E-state index contributed by atoms with van der Waals surface area (Å²) in [4.78, 5) is 12.2. The number of nitrogens with one attached hydrogen (secondary N) is 1. The van der Waals surface area contributed by atoms with Gasteiger partial charge in [-0.05, 0) is 30.9 Å². The Balaban J connectivity index is 1.47. The first kappa shape index (κ1) is 18.8. The Labute approximate surface area is 158 Å². The molecule has 3 rings (SSSR count). The molecule has 0 spiro atoms. The number of rotatable bonds is 7. The molecule has 1 aromatic heterocycles. The van der Waals surface area contributed by atoms with Crippen molar-refractivity contribution >= 4 is 17.7 Å². The maximum atomic E-state index is 12.2. The molecule has 0 saturated heterocycles. The van der Waals surface area contributed by atoms with Crippen molar-refractivity contribution in [1.29, 1.82) is 0 Å². The van der Waals surface area contributed by atoms with Gasteiger partial charge in [0.25, 0.3) is 0 Å². The summed E-state index contributed by atoms with van der Waals surface area (Å²) in [6.45, 7) is 2.57. The molecule has 1 N–H and O–H groups in total. The number of carbonyl (C=O) groups excluding carboxylic acids is 1. The second kappa shape index (κ2) is 9.07. The third kappa shape index (κ3) is 5.00. The predicted octanol–water partition coefficient (Wildman–Crippen LogP) is 3.18. The van der Waals surface area contributed by atoms with E-state index >= 15 is 0 Å². The van der Waals surface area contributed by atoms with E-state index in [-0.39, 0.29) is 5.91 Å². The topological polar surface area (TPSA) is 69.0 Å². The average Bonchev–Trinajstić information content (AvgIpc) is 3.01. The lowest BCUT2D eigenvalue weighted by atomic mass is 9.86. The quantitative estimate of drug-likeness (QED) is 0.754.